The second-order valence-electron chi connectivity index (χ2n) is 6.91. The van der Waals surface area contributed by atoms with Crippen molar-refractivity contribution < 1.29 is 9.90 Å². The largest absolute Gasteiger partial charge is 0.481 e. The number of carboxylic acid groups (broad SMARTS) is 1. The van der Waals surface area contributed by atoms with Gasteiger partial charge in [0.2, 0.25) is 0 Å². The van der Waals surface area contributed by atoms with Crippen LogP contribution in [-0.4, -0.2) is 59.6 Å². The Morgan fingerprint density at radius 3 is 2.40 bits per heavy atom. The van der Waals surface area contributed by atoms with E-state index in [1.807, 2.05) is 0 Å². The van der Waals surface area contributed by atoms with Gasteiger partial charge < -0.3 is 10.0 Å². The molecule has 2 saturated heterocycles. The van der Waals surface area contributed by atoms with Gasteiger partial charge in [-0.1, -0.05) is 20.8 Å². The van der Waals surface area contributed by atoms with Crippen molar-refractivity contribution in [3.63, 3.8) is 0 Å². The minimum atomic E-state index is -0.599. The fourth-order valence-electron chi connectivity index (χ4n) is 3.89. The number of aliphatic carboxylic acids is 1. The summed E-state index contributed by atoms with van der Waals surface area (Å²) in [6.45, 7) is 11.6. The Bertz CT molecular complexity index is 337. The molecule has 4 nitrogen and oxygen atoms in total. The Balaban J connectivity index is 1.92. The summed E-state index contributed by atoms with van der Waals surface area (Å²) in [7, 11) is 0. The van der Waals surface area contributed by atoms with Crippen LogP contribution in [0.5, 0.6) is 0 Å². The van der Waals surface area contributed by atoms with Crippen LogP contribution >= 0.6 is 0 Å². The van der Waals surface area contributed by atoms with Crippen molar-refractivity contribution in [1.82, 2.24) is 9.80 Å². The van der Waals surface area contributed by atoms with Gasteiger partial charge in [0, 0.05) is 12.6 Å². The SMILES string of the molecule is CCCN1CCC(N2CCC(C(=O)O)(C(C)C)C2)CC1. The Morgan fingerprint density at radius 2 is 1.95 bits per heavy atom. The third-order valence-electron chi connectivity index (χ3n) is 5.47. The number of piperidine rings is 1. The van der Waals surface area contributed by atoms with E-state index in [0.29, 0.717) is 6.04 Å². The van der Waals surface area contributed by atoms with Crippen LogP contribution in [0.15, 0.2) is 0 Å². The van der Waals surface area contributed by atoms with Crippen molar-refractivity contribution in [2.24, 2.45) is 11.3 Å². The first-order chi connectivity index (χ1) is 9.49. The van der Waals surface area contributed by atoms with Gasteiger partial charge in [0.25, 0.3) is 0 Å². The quantitative estimate of drug-likeness (QED) is 0.840. The third-order valence-corrected chi connectivity index (χ3v) is 5.47. The van der Waals surface area contributed by atoms with E-state index in [9.17, 15) is 9.90 Å². The van der Waals surface area contributed by atoms with Crippen LogP contribution in [0.3, 0.4) is 0 Å². The van der Waals surface area contributed by atoms with Crippen LogP contribution in [-0.2, 0) is 4.79 Å². The van der Waals surface area contributed by atoms with Crippen molar-refractivity contribution in [2.75, 3.05) is 32.7 Å². The molecule has 0 aromatic carbocycles. The topological polar surface area (TPSA) is 43.8 Å². The normalized spacial score (nSPS) is 30.2. The maximum Gasteiger partial charge on any atom is 0.311 e. The summed E-state index contributed by atoms with van der Waals surface area (Å²) in [5, 5.41) is 9.63. The fourth-order valence-corrected chi connectivity index (χ4v) is 3.89. The zero-order valence-electron chi connectivity index (χ0n) is 13.3. The minimum absolute atomic E-state index is 0.213. The van der Waals surface area contributed by atoms with Gasteiger partial charge in [-0.25, -0.2) is 0 Å². The zero-order valence-corrected chi connectivity index (χ0v) is 13.3. The number of hydrogen-bond donors (Lipinski definition) is 1. The lowest BCUT2D eigenvalue weighted by Crippen LogP contribution is -2.46. The van der Waals surface area contributed by atoms with Crippen molar-refractivity contribution >= 4 is 5.97 Å². The van der Waals surface area contributed by atoms with Crippen molar-refractivity contribution in [3.8, 4) is 0 Å². The molecule has 2 aliphatic rings. The molecule has 0 spiro atoms. The minimum Gasteiger partial charge on any atom is -0.481 e. The smallest absolute Gasteiger partial charge is 0.311 e. The van der Waals surface area contributed by atoms with Gasteiger partial charge in [0.1, 0.15) is 0 Å². The lowest BCUT2D eigenvalue weighted by Gasteiger charge is -2.37. The predicted molar refractivity (Wildman–Crippen MR) is 80.8 cm³/mol. The summed E-state index contributed by atoms with van der Waals surface area (Å²) < 4.78 is 0. The second-order valence-corrected chi connectivity index (χ2v) is 6.91. The van der Waals surface area contributed by atoms with Crippen LogP contribution in [0.4, 0.5) is 0 Å². The highest BCUT2D eigenvalue weighted by Gasteiger charge is 2.48. The lowest BCUT2D eigenvalue weighted by molar-refractivity contribution is -0.151. The number of nitrogens with zero attached hydrogens (tertiary/aromatic N) is 2. The average Bonchev–Trinajstić information content (AvgIpc) is 2.86. The van der Waals surface area contributed by atoms with Crippen LogP contribution in [0, 0.1) is 11.3 Å². The highest BCUT2D eigenvalue weighted by Crippen LogP contribution is 2.40. The van der Waals surface area contributed by atoms with Gasteiger partial charge in [0.15, 0.2) is 0 Å². The molecule has 0 bridgehead atoms. The van der Waals surface area contributed by atoms with Crippen LogP contribution in [0.25, 0.3) is 0 Å². The van der Waals surface area contributed by atoms with E-state index in [0.717, 1.165) is 19.5 Å². The molecule has 0 aromatic rings. The molecule has 2 rings (SSSR count). The molecule has 0 aliphatic carbocycles. The highest BCUT2D eigenvalue weighted by molar-refractivity contribution is 5.75. The molecule has 2 fully saturated rings. The van der Waals surface area contributed by atoms with E-state index in [1.165, 1.54) is 38.9 Å². The highest BCUT2D eigenvalue weighted by atomic mass is 16.4. The standard InChI is InChI=1S/C16H30N2O2/c1-4-8-17-9-5-14(6-10-17)18-11-7-16(12-18,13(2)3)15(19)20/h13-14H,4-12H2,1-3H3,(H,19,20). The Labute approximate surface area is 123 Å². The molecule has 2 aliphatic heterocycles. The molecule has 1 unspecified atom stereocenters. The molecule has 0 aromatic heterocycles. The Morgan fingerprint density at radius 1 is 1.30 bits per heavy atom. The summed E-state index contributed by atoms with van der Waals surface area (Å²) in [6, 6.07) is 0.600. The van der Waals surface area contributed by atoms with Gasteiger partial charge in [0.05, 0.1) is 5.41 Å². The number of hydrogen-bond acceptors (Lipinski definition) is 3. The third kappa shape index (κ3) is 3.01. The van der Waals surface area contributed by atoms with Gasteiger partial charge in [-0.3, -0.25) is 9.69 Å². The second kappa shape index (κ2) is 6.44. The first-order valence-corrected chi connectivity index (χ1v) is 8.19. The van der Waals surface area contributed by atoms with Gasteiger partial charge in [-0.05, 0) is 57.8 Å². The Kier molecular flexibility index (Phi) is 5.08. The fraction of sp³-hybridized carbons (Fsp3) is 0.938. The first kappa shape index (κ1) is 15.8. The van der Waals surface area contributed by atoms with E-state index in [2.05, 4.69) is 30.6 Å². The average molecular weight is 282 g/mol. The summed E-state index contributed by atoms with van der Waals surface area (Å²) in [5.41, 5.74) is -0.513. The Hall–Kier alpha value is -0.610. The molecule has 4 heteroatoms. The molecule has 1 atom stereocenters. The number of carbonyl (C=O) groups is 1. The van der Waals surface area contributed by atoms with E-state index >= 15 is 0 Å². The van der Waals surface area contributed by atoms with E-state index in [4.69, 9.17) is 0 Å². The number of rotatable bonds is 5. The van der Waals surface area contributed by atoms with Gasteiger partial charge in [-0.2, -0.15) is 0 Å². The summed E-state index contributed by atoms with van der Waals surface area (Å²) in [6.07, 6.45) is 4.45. The van der Waals surface area contributed by atoms with Crippen molar-refractivity contribution in [2.45, 2.75) is 52.5 Å². The number of carboxylic acids is 1. The summed E-state index contributed by atoms with van der Waals surface area (Å²) in [4.78, 5) is 16.7. The van der Waals surface area contributed by atoms with Crippen molar-refractivity contribution in [3.05, 3.63) is 0 Å². The maximum atomic E-state index is 11.7. The van der Waals surface area contributed by atoms with E-state index in [-0.39, 0.29) is 5.92 Å². The van der Waals surface area contributed by atoms with E-state index < -0.39 is 11.4 Å². The molecule has 2 heterocycles. The van der Waals surface area contributed by atoms with Crippen LogP contribution in [0.1, 0.15) is 46.5 Å². The molecule has 116 valence electrons. The maximum absolute atomic E-state index is 11.7. The number of likely N-dealkylation sites (tertiary alicyclic amines) is 2. The zero-order chi connectivity index (χ0) is 14.8. The molecular weight excluding hydrogens is 252 g/mol. The first-order valence-electron chi connectivity index (χ1n) is 8.19. The van der Waals surface area contributed by atoms with Crippen LogP contribution in [0.2, 0.25) is 0 Å². The molecule has 0 radical (unpaired) electrons. The molecule has 0 amide bonds. The molecule has 0 saturated carbocycles. The van der Waals surface area contributed by atoms with Crippen molar-refractivity contribution in [1.29, 1.82) is 0 Å². The van der Waals surface area contributed by atoms with Crippen LogP contribution < -0.4 is 0 Å². The predicted octanol–water partition coefficient (Wildman–Crippen LogP) is 2.29. The van der Waals surface area contributed by atoms with E-state index in [1.54, 1.807) is 0 Å². The monoisotopic (exact) mass is 282 g/mol. The molecular formula is C16H30N2O2. The lowest BCUT2D eigenvalue weighted by atomic mass is 9.76. The summed E-state index contributed by atoms with van der Waals surface area (Å²) >= 11 is 0. The molecule has 1 N–H and O–H groups in total. The molecule has 20 heavy (non-hydrogen) atoms. The van der Waals surface area contributed by atoms with Gasteiger partial charge in [-0.15, -0.1) is 0 Å². The summed E-state index contributed by atoms with van der Waals surface area (Å²) in [5.74, 6) is -0.386. The van der Waals surface area contributed by atoms with Gasteiger partial charge >= 0.3 is 5.97 Å².